The molecule has 2 aromatic carbocycles. The maximum absolute atomic E-state index is 13.3. The third kappa shape index (κ3) is 4.60. The molecule has 10 nitrogen and oxygen atoms in total. The number of nitrogens with zero attached hydrogens (tertiary/aromatic N) is 6. The molecule has 35 heavy (non-hydrogen) atoms. The van der Waals surface area contributed by atoms with Gasteiger partial charge in [0.05, 0.1) is 16.9 Å². The van der Waals surface area contributed by atoms with E-state index in [2.05, 4.69) is 20.6 Å². The van der Waals surface area contributed by atoms with Crippen LogP contribution in [0.15, 0.2) is 53.3 Å². The van der Waals surface area contributed by atoms with Crippen LogP contribution < -0.4 is 17.0 Å². The van der Waals surface area contributed by atoms with Crippen molar-refractivity contribution in [1.29, 1.82) is 0 Å². The summed E-state index contributed by atoms with van der Waals surface area (Å²) in [5, 5.41) is 15.4. The van der Waals surface area contributed by atoms with Crippen molar-refractivity contribution in [3.8, 4) is 11.4 Å². The van der Waals surface area contributed by atoms with Gasteiger partial charge in [-0.1, -0.05) is 13.0 Å². The Kier molecular flexibility index (Phi) is 5.84. The molecule has 0 bridgehead atoms. The molecule has 4 N–H and O–H groups in total. The highest BCUT2D eigenvalue weighted by Crippen LogP contribution is 2.35. The molecule has 0 aliphatic carbocycles. The lowest BCUT2D eigenvalue weighted by molar-refractivity contribution is -0.137. The molecule has 0 saturated heterocycles. The third-order valence-electron chi connectivity index (χ3n) is 5.41. The summed E-state index contributed by atoms with van der Waals surface area (Å²) in [6, 6.07) is 10.7. The van der Waals surface area contributed by atoms with E-state index in [4.69, 9.17) is 11.5 Å². The number of aromatic nitrogens is 6. The van der Waals surface area contributed by atoms with E-state index in [0.717, 1.165) is 22.9 Å². The van der Waals surface area contributed by atoms with Crippen LogP contribution in [0.4, 0.5) is 18.9 Å². The van der Waals surface area contributed by atoms with Crippen molar-refractivity contribution in [3.63, 3.8) is 0 Å². The second-order valence-corrected chi connectivity index (χ2v) is 7.83. The topological polar surface area (TPSA) is 148 Å². The van der Waals surface area contributed by atoms with Crippen LogP contribution in [-0.4, -0.2) is 35.9 Å². The number of carbonyl (C=O) groups excluding carboxylic acids is 1. The number of nitrogens with two attached hydrogens (primary N) is 2. The number of primary amides is 1. The predicted octanol–water partition coefficient (Wildman–Crippen LogP) is 2.37. The number of benzene rings is 2. The first-order chi connectivity index (χ1) is 16.5. The van der Waals surface area contributed by atoms with Crippen LogP contribution in [0.2, 0.25) is 0 Å². The molecule has 0 radical (unpaired) electrons. The van der Waals surface area contributed by atoms with Crippen LogP contribution in [0, 0.1) is 6.92 Å². The molecule has 0 aliphatic heterocycles. The van der Waals surface area contributed by atoms with Crippen LogP contribution in [0.5, 0.6) is 0 Å². The quantitative estimate of drug-likeness (QED) is 0.413. The number of nitrogen functional groups attached to an aromatic ring is 1. The van der Waals surface area contributed by atoms with Gasteiger partial charge in [-0.25, -0.2) is 0 Å². The van der Waals surface area contributed by atoms with Crippen molar-refractivity contribution in [2.75, 3.05) is 5.73 Å². The average molecular weight is 484 g/mol. The molecule has 4 aromatic rings. The summed E-state index contributed by atoms with van der Waals surface area (Å²) < 4.78 is 42.2. The summed E-state index contributed by atoms with van der Waals surface area (Å²) in [6.07, 6.45) is -4.62. The Balaban J connectivity index is 1.83. The van der Waals surface area contributed by atoms with Crippen LogP contribution in [0.1, 0.15) is 45.8 Å². The fourth-order valence-electron chi connectivity index (χ4n) is 3.67. The molecule has 1 atom stereocenters. The smallest absolute Gasteiger partial charge is 0.399 e. The monoisotopic (exact) mass is 484 g/mol. The van der Waals surface area contributed by atoms with Gasteiger partial charge in [-0.2, -0.15) is 27.6 Å². The second-order valence-electron chi connectivity index (χ2n) is 7.83. The minimum atomic E-state index is -4.62. The van der Waals surface area contributed by atoms with Gasteiger partial charge >= 0.3 is 6.18 Å². The summed E-state index contributed by atoms with van der Waals surface area (Å²) >= 11 is 0. The van der Waals surface area contributed by atoms with E-state index < -0.39 is 29.1 Å². The number of hydrogen-bond donors (Lipinski definition) is 2. The van der Waals surface area contributed by atoms with E-state index in [1.165, 1.54) is 17.7 Å². The van der Waals surface area contributed by atoms with Crippen molar-refractivity contribution in [2.24, 2.45) is 5.73 Å². The lowest BCUT2D eigenvalue weighted by atomic mass is 9.90. The normalized spacial score (nSPS) is 12.5. The highest BCUT2D eigenvalue weighted by molar-refractivity contribution is 5.92. The van der Waals surface area contributed by atoms with E-state index in [-0.39, 0.29) is 22.5 Å². The second kappa shape index (κ2) is 8.66. The summed E-state index contributed by atoms with van der Waals surface area (Å²) in [6.45, 7) is 3.22. The Hall–Kier alpha value is -4.55. The molecular formula is C22H19F3N8O2. The van der Waals surface area contributed by atoms with Crippen molar-refractivity contribution in [2.45, 2.75) is 25.9 Å². The lowest BCUT2D eigenvalue weighted by Crippen LogP contribution is -2.28. The number of alkyl halides is 3. The zero-order valence-electron chi connectivity index (χ0n) is 18.5. The Morgan fingerprint density at radius 3 is 2.34 bits per heavy atom. The van der Waals surface area contributed by atoms with Crippen LogP contribution in [0.3, 0.4) is 0 Å². The molecule has 0 fully saturated rings. The number of amides is 1. The standard InChI is InChI=1S/C22H19F3N8O2/c1-11(13-6-14(22(23,24)25)8-15(26)7-13)18-10-19(34)33(29-20(18)21(27)35)17-5-3-4-16(9-17)32-12(2)28-30-31-32/h3-11H,26H2,1-2H3,(H2,27,35)/t11-/m1/s1. The van der Waals surface area contributed by atoms with Gasteiger partial charge in [0.25, 0.3) is 11.5 Å². The first kappa shape index (κ1) is 23.6. The zero-order valence-corrected chi connectivity index (χ0v) is 18.5. The third-order valence-corrected chi connectivity index (χ3v) is 5.41. The number of carbonyl (C=O) groups is 1. The number of halogens is 3. The van der Waals surface area contributed by atoms with Gasteiger partial charge < -0.3 is 11.5 Å². The summed E-state index contributed by atoms with van der Waals surface area (Å²) in [4.78, 5) is 25.3. The van der Waals surface area contributed by atoms with Gasteiger partial charge in [-0.3, -0.25) is 9.59 Å². The Bertz CT molecular complexity index is 1490. The lowest BCUT2D eigenvalue weighted by Gasteiger charge is -2.18. The maximum atomic E-state index is 13.3. The van der Waals surface area contributed by atoms with Gasteiger partial charge in [0.15, 0.2) is 11.5 Å². The van der Waals surface area contributed by atoms with E-state index in [0.29, 0.717) is 17.2 Å². The molecule has 0 aliphatic rings. The highest BCUT2D eigenvalue weighted by atomic mass is 19.4. The Labute approximate surface area is 196 Å². The minimum absolute atomic E-state index is 0.0740. The molecule has 0 unspecified atom stereocenters. The van der Waals surface area contributed by atoms with Crippen molar-refractivity contribution in [3.05, 3.63) is 87.1 Å². The van der Waals surface area contributed by atoms with Gasteiger partial charge in [0.2, 0.25) is 0 Å². The van der Waals surface area contributed by atoms with Crippen molar-refractivity contribution >= 4 is 11.6 Å². The average Bonchev–Trinajstić information content (AvgIpc) is 3.23. The molecule has 2 heterocycles. The number of tetrazole rings is 1. The predicted molar refractivity (Wildman–Crippen MR) is 119 cm³/mol. The van der Waals surface area contributed by atoms with Gasteiger partial charge in [0, 0.05) is 17.7 Å². The molecule has 0 spiro atoms. The molecule has 1 amide bonds. The fraction of sp³-hybridized carbons (Fsp3) is 0.182. The molecule has 4 rings (SSSR count). The summed E-state index contributed by atoms with van der Waals surface area (Å²) in [5.41, 5.74) is 10.3. The molecule has 0 saturated carbocycles. The Morgan fingerprint density at radius 1 is 1.06 bits per heavy atom. The molecule has 13 heteroatoms. The van der Waals surface area contributed by atoms with E-state index >= 15 is 0 Å². The number of hydrogen-bond acceptors (Lipinski definition) is 7. The number of aryl methyl sites for hydroxylation is 1. The van der Waals surface area contributed by atoms with Gasteiger partial charge in [0.1, 0.15) is 0 Å². The maximum Gasteiger partial charge on any atom is 0.416 e. The Morgan fingerprint density at radius 2 is 1.74 bits per heavy atom. The largest absolute Gasteiger partial charge is 0.416 e. The van der Waals surface area contributed by atoms with Crippen LogP contribution in [-0.2, 0) is 6.18 Å². The minimum Gasteiger partial charge on any atom is -0.399 e. The number of anilines is 1. The first-order valence-corrected chi connectivity index (χ1v) is 10.2. The van der Waals surface area contributed by atoms with Gasteiger partial charge in [-0.05, 0) is 64.9 Å². The van der Waals surface area contributed by atoms with Crippen LogP contribution in [0.25, 0.3) is 11.4 Å². The zero-order chi connectivity index (χ0) is 25.5. The van der Waals surface area contributed by atoms with E-state index in [9.17, 15) is 22.8 Å². The molecule has 2 aromatic heterocycles. The fourth-order valence-corrected chi connectivity index (χ4v) is 3.67. The first-order valence-electron chi connectivity index (χ1n) is 10.2. The van der Waals surface area contributed by atoms with E-state index in [1.807, 2.05) is 0 Å². The molecule has 180 valence electrons. The van der Waals surface area contributed by atoms with Crippen LogP contribution >= 0.6 is 0 Å². The van der Waals surface area contributed by atoms with Crippen molar-refractivity contribution in [1.82, 2.24) is 30.0 Å². The molecular weight excluding hydrogens is 465 g/mol. The summed E-state index contributed by atoms with van der Waals surface area (Å²) in [7, 11) is 0. The van der Waals surface area contributed by atoms with Crippen molar-refractivity contribution < 1.29 is 18.0 Å². The summed E-state index contributed by atoms with van der Waals surface area (Å²) in [5.74, 6) is -1.29. The highest BCUT2D eigenvalue weighted by Gasteiger charge is 2.32. The SMILES string of the molecule is Cc1nnnn1-c1cccc(-n2nc(C(N)=O)c([C@H](C)c3cc(N)cc(C(F)(F)F)c3)cc2=O)c1. The number of rotatable bonds is 5. The van der Waals surface area contributed by atoms with Gasteiger partial charge in [-0.15, -0.1) is 5.10 Å². The van der Waals surface area contributed by atoms with E-state index in [1.54, 1.807) is 31.2 Å².